The van der Waals surface area contributed by atoms with Gasteiger partial charge < -0.3 is 20.1 Å². The van der Waals surface area contributed by atoms with Gasteiger partial charge in [0.2, 0.25) is 0 Å². The average Bonchev–Trinajstić information content (AvgIpc) is 2.48. The Balaban J connectivity index is 2.19. The quantitative estimate of drug-likeness (QED) is 0.841. The van der Waals surface area contributed by atoms with Crippen LogP contribution in [0.15, 0.2) is 12.3 Å². The number of esters is 1. The highest BCUT2D eigenvalue weighted by Gasteiger charge is 2.21. The van der Waals surface area contributed by atoms with Gasteiger partial charge in [0.25, 0.3) is 0 Å². The molecule has 2 rings (SSSR count). The molecule has 0 radical (unpaired) electrons. The highest BCUT2D eigenvalue weighted by atomic mass is 16.5. The number of hydrogen-bond donors (Lipinski definition) is 1. The van der Waals surface area contributed by atoms with Gasteiger partial charge in [0.1, 0.15) is 5.82 Å². The van der Waals surface area contributed by atoms with Crippen LogP contribution in [0.25, 0.3) is 0 Å². The smallest absolute Gasteiger partial charge is 0.340 e. The van der Waals surface area contributed by atoms with E-state index in [9.17, 15) is 4.79 Å². The monoisotopic (exact) mass is 279 g/mol. The summed E-state index contributed by atoms with van der Waals surface area (Å²) in [7, 11) is 1.98. The SMILES string of the molecule is CCOC(=O)c1cc(N(C)C2CCOCC2)ncc1N. The highest BCUT2D eigenvalue weighted by molar-refractivity contribution is 5.95. The predicted octanol–water partition coefficient (Wildman–Crippen LogP) is 1.46. The number of pyridine rings is 1. The predicted molar refractivity (Wildman–Crippen MR) is 76.8 cm³/mol. The van der Waals surface area contributed by atoms with Crippen molar-refractivity contribution < 1.29 is 14.3 Å². The second-order valence-electron chi connectivity index (χ2n) is 4.80. The molecule has 1 aliphatic rings. The number of nitrogens with zero attached hydrogens (tertiary/aromatic N) is 2. The van der Waals surface area contributed by atoms with Crippen molar-refractivity contribution in [3.63, 3.8) is 0 Å². The van der Waals surface area contributed by atoms with Crippen LogP contribution in [0.4, 0.5) is 11.5 Å². The Kier molecular flexibility index (Phi) is 4.79. The van der Waals surface area contributed by atoms with E-state index in [2.05, 4.69) is 9.88 Å². The Hall–Kier alpha value is -1.82. The molecule has 1 aromatic heterocycles. The maximum Gasteiger partial charge on any atom is 0.340 e. The van der Waals surface area contributed by atoms with Gasteiger partial charge in [-0.05, 0) is 25.8 Å². The van der Waals surface area contributed by atoms with Gasteiger partial charge in [-0.3, -0.25) is 0 Å². The number of aromatic nitrogens is 1. The highest BCUT2D eigenvalue weighted by Crippen LogP contribution is 2.23. The van der Waals surface area contributed by atoms with Crippen molar-refractivity contribution in [2.75, 3.05) is 37.5 Å². The molecule has 6 nitrogen and oxygen atoms in total. The average molecular weight is 279 g/mol. The first kappa shape index (κ1) is 14.6. The van der Waals surface area contributed by atoms with Crippen molar-refractivity contribution in [1.29, 1.82) is 0 Å². The standard InChI is InChI=1S/C14H21N3O3/c1-3-20-14(18)11-8-13(16-9-12(11)15)17(2)10-4-6-19-7-5-10/h8-10H,3-7,15H2,1-2H3. The van der Waals surface area contributed by atoms with E-state index < -0.39 is 5.97 Å². The van der Waals surface area contributed by atoms with E-state index in [0.717, 1.165) is 31.9 Å². The molecule has 1 saturated heterocycles. The summed E-state index contributed by atoms with van der Waals surface area (Å²) in [6, 6.07) is 2.07. The molecule has 110 valence electrons. The van der Waals surface area contributed by atoms with Gasteiger partial charge in [-0.15, -0.1) is 0 Å². The lowest BCUT2D eigenvalue weighted by atomic mass is 10.1. The van der Waals surface area contributed by atoms with Crippen molar-refractivity contribution in [1.82, 2.24) is 4.98 Å². The molecule has 6 heteroatoms. The Morgan fingerprint density at radius 1 is 1.55 bits per heavy atom. The number of carbonyl (C=O) groups excluding carboxylic acids is 1. The van der Waals surface area contributed by atoms with Gasteiger partial charge in [0.05, 0.1) is 24.1 Å². The second-order valence-corrected chi connectivity index (χ2v) is 4.80. The Morgan fingerprint density at radius 3 is 2.90 bits per heavy atom. The summed E-state index contributed by atoms with van der Waals surface area (Å²) in [5.41, 5.74) is 6.51. The number of hydrogen-bond acceptors (Lipinski definition) is 6. The fraction of sp³-hybridized carbons (Fsp3) is 0.571. The third-order valence-electron chi connectivity index (χ3n) is 3.52. The molecule has 0 bridgehead atoms. The van der Waals surface area contributed by atoms with Crippen molar-refractivity contribution in [3.05, 3.63) is 17.8 Å². The molecule has 0 atom stereocenters. The number of carbonyl (C=O) groups is 1. The van der Waals surface area contributed by atoms with Crippen molar-refractivity contribution in [2.45, 2.75) is 25.8 Å². The molecule has 0 aromatic carbocycles. The van der Waals surface area contributed by atoms with E-state index in [1.165, 1.54) is 6.20 Å². The first-order valence-electron chi connectivity index (χ1n) is 6.86. The fourth-order valence-corrected chi connectivity index (χ4v) is 2.29. The van der Waals surface area contributed by atoms with Crippen LogP contribution >= 0.6 is 0 Å². The molecule has 0 amide bonds. The van der Waals surface area contributed by atoms with Gasteiger partial charge in [0, 0.05) is 26.3 Å². The molecule has 0 unspecified atom stereocenters. The fourth-order valence-electron chi connectivity index (χ4n) is 2.29. The Bertz CT molecular complexity index is 473. The Morgan fingerprint density at radius 2 is 2.25 bits per heavy atom. The van der Waals surface area contributed by atoms with E-state index in [-0.39, 0.29) is 0 Å². The lowest BCUT2D eigenvalue weighted by Crippen LogP contribution is -2.37. The summed E-state index contributed by atoms with van der Waals surface area (Å²) in [5, 5.41) is 0. The lowest BCUT2D eigenvalue weighted by Gasteiger charge is -2.32. The van der Waals surface area contributed by atoms with Crippen molar-refractivity contribution in [2.24, 2.45) is 0 Å². The maximum atomic E-state index is 11.8. The zero-order valence-corrected chi connectivity index (χ0v) is 12.0. The van der Waals surface area contributed by atoms with Gasteiger partial charge in [-0.2, -0.15) is 0 Å². The van der Waals surface area contributed by atoms with E-state index in [4.69, 9.17) is 15.2 Å². The lowest BCUT2D eigenvalue weighted by molar-refractivity contribution is 0.0527. The van der Waals surface area contributed by atoms with E-state index in [1.54, 1.807) is 13.0 Å². The first-order chi connectivity index (χ1) is 9.63. The summed E-state index contributed by atoms with van der Waals surface area (Å²) < 4.78 is 10.4. The minimum Gasteiger partial charge on any atom is -0.462 e. The number of nitrogen functional groups attached to an aromatic ring is 1. The van der Waals surface area contributed by atoms with Crippen LogP contribution in [0.2, 0.25) is 0 Å². The molecule has 0 aliphatic carbocycles. The van der Waals surface area contributed by atoms with E-state index in [1.807, 2.05) is 7.05 Å². The number of anilines is 2. The summed E-state index contributed by atoms with van der Waals surface area (Å²) in [6.45, 7) is 3.61. The third kappa shape index (κ3) is 3.19. The summed E-state index contributed by atoms with van der Waals surface area (Å²) >= 11 is 0. The van der Waals surface area contributed by atoms with Gasteiger partial charge in [0.15, 0.2) is 0 Å². The van der Waals surface area contributed by atoms with Gasteiger partial charge in [-0.25, -0.2) is 9.78 Å². The largest absolute Gasteiger partial charge is 0.462 e. The minimum absolute atomic E-state index is 0.325. The number of rotatable bonds is 4. The molecule has 1 fully saturated rings. The molecule has 0 spiro atoms. The van der Waals surface area contributed by atoms with Crippen LogP contribution in [0.1, 0.15) is 30.1 Å². The van der Waals surface area contributed by atoms with Gasteiger partial charge in [-0.1, -0.05) is 0 Å². The first-order valence-corrected chi connectivity index (χ1v) is 6.86. The molecule has 2 heterocycles. The van der Waals surface area contributed by atoms with Crippen LogP contribution < -0.4 is 10.6 Å². The summed E-state index contributed by atoms with van der Waals surface area (Å²) in [6.07, 6.45) is 3.42. The van der Waals surface area contributed by atoms with E-state index in [0.29, 0.717) is 23.9 Å². The number of ether oxygens (including phenoxy) is 2. The molecule has 0 saturated carbocycles. The molecule has 1 aliphatic heterocycles. The Labute approximate surface area is 118 Å². The summed E-state index contributed by atoms with van der Waals surface area (Å²) in [5.74, 6) is 0.322. The molecule has 20 heavy (non-hydrogen) atoms. The third-order valence-corrected chi connectivity index (χ3v) is 3.52. The minimum atomic E-state index is -0.408. The van der Waals surface area contributed by atoms with Gasteiger partial charge >= 0.3 is 5.97 Å². The normalized spacial score (nSPS) is 15.9. The molecular formula is C14H21N3O3. The molecule has 1 aromatic rings. The van der Waals surface area contributed by atoms with Crippen LogP contribution in [0.5, 0.6) is 0 Å². The summed E-state index contributed by atoms with van der Waals surface area (Å²) in [4.78, 5) is 18.2. The topological polar surface area (TPSA) is 77.7 Å². The molecule has 2 N–H and O–H groups in total. The van der Waals surface area contributed by atoms with Crippen LogP contribution in [0.3, 0.4) is 0 Å². The zero-order chi connectivity index (χ0) is 14.5. The second kappa shape index (κ2) is 6.56. The van der Waals surface area contributed by atoms with Crippen LogP contribution in [-0.4, -0.2) is 43.9 Å². The number of nitrogens with two attached hydrogens (primary N) is 1. The zero-order valence-electron chi connectivity index (χ0n) is 12.0. The van der Waals surface area contributed by atoms with Crippen molar-refractivity contribution in [3.8, 4) is 0 Å². The molecular weight excluding hydrogens is 258 g/mol. The maximum absolute atomic E-state index is 11.8. The van der Waals surface area contributed by atoms with Crippen LogP contribution in [0, 0.1) is 0 Å². The van der Waals surface area contributed by atoms with Crippen LogP contribution in [-0.2, 0) is 9.47 Å². The van der Waals surface area contributed by atoms with E-state index >= 15 is 0 Å². The van der Waals surface area contributed by atoms with Crippen molar-refractivity contribution >= 4 is 17.5 Å².